The lowest BCUT2D eigenvalue weighted by atomic mass is 9.66. The maximum Gasteiger partial charge on any atom is 0.525 e. The molecule has 6 rings (SSSR count). The number of benzene rings is 2. The molecule has 2 saturated heterocycles. The highest BCUT2D eigenvalue weighted by Gasteiger charge is 2.54. The molecule has 252 valence electrons. The first-order chi connectivity index (χ1) is 22.0. The number of methoxy groups -OCH3 is 2. The lowest BCUT2D eigenvalue weighted by molar-refractivity contribution is -0.304. The van der Waals surface area contributed by atoms with Crippen molar-refractivity contribution in [2.45, 2.75) is 43.7 Å². The number of hydrogen-bond acceptors (Lipinski definition) is 14. The van der Waals surface area contributed by atoms with Gasteiger partial charge in [0.2, 0.25) is 12.5 Å². The zero-order valence-corrected chi connectivity index (χ0v) is 26.0. The molecule has 3 heterocycles. The first-order valence-corrected chi connectivity index (χ1v) is 16.0. The number of carbonyl (C=O) groups is 1. The number of carbonyl (C=O) groups excluding carboxylic acids is 1. The number of rotatable bonds is 11. The van der Waals surface area contributed by atoms with Crippen molar-refractivity contribution < 1.29 is 76.5 Å². The SMILES string of the molecule is COc1cc(C2c3cc4c(cc3C(OC(CO)OC3COC(C)OC3CO)C3COC(=O)C23)OCO4)cc(OC)c1OP(=O)(O)O. The van der Waals surface area contributed by atoms with Crippen LogP contribution in [0.5, 0.6) is 28.7 Å². The lowest BCUT2D eigenvalue weighted by Crippen LogP contribution is -2.49. The minimum absolute atomic E-state index is 0.0171. The fourth-order valence-corrected chi connectivity index (χ4v) is 6.87. The van der Waals surface area contributed by atoms with Crippen LogP contribution >= 0.6 is 7.82 Å². The van der Waals surface area contributed by atoms with E-state index in [-0.39, 0.29) is 43.9 Å². The second-order valence-electron chi connectivity index (χ2n) is 11.1. The second kappa shape index (κ2) is 13.1. The second-order valence-corrected chi connectivity index (χ2v) is 12.2. The van der Waals surface area contributed by atoms with Gasteiger partial charge >= 0.3 is 13.8 Å². The monoisotopic (exact) mass is 670 g/mol. The molecule has 16 nitrogen and oxygen atoms in total. The number of fused-ring (bicyclic) bond motifs is 3. The van der Waals surface area contributed by atoms with Gasteiger partial charge in [0.05, 0.1) is 52.7 Å². The highest BCUT2D eigenvalue weighted by Crippen LogP contribution is 2.57. The molecule has 0 bridgehead atoms. The largest absolute Gasteiger partial charge is 0.525 e. The first kappa shape index (κ1) is 32.7. The third-order valence-electron chi connectivity index (χ3n) is 8.40. The van der Waals surface area contributed by atoms with Crippen molar-refractivity contribution in [1.82, 2.24) is 0 Å². The van der Waals surface area contributed by atoms with E-state index in [1.54, 1.807) is 19.1 Å². The predicted octanol–water partition coefficient (Wildman–Crippen LogP) is 1.35. The van der Waals surface area contributed by atoms with Crippen molar-refractivity contribution in [3.63, 3.8) is 0 Å². The van der Waals surface area contributed by atoms with Gasteiger partial charge in [0, 0.05) is 11.8 Å². The van der Waals surface area contributed by atoms with Crippen molar-refractivity contribution in [1.29, 1.82) is 0 Å². The van der Waals surface area contributed by atoms with E-state index in [0.717, 1.165) is 0 Å². The molecular weight excluding hydrogens is 635 g/mol. The third-order valence-corrected chi connectivity index (χ3v) is 8.82. The fraction of sp³-hybridized carbons (Fsp3) is 0.552. The molecule has 1 aliphatic carbocycles. The molecule has 0 aromatic heterocycles. The summed E-state index contributed by atoms with van der Waals surface area (Å²) in [6.45, 7) is 0.838. The molecular formula is C29H35O16P. The van der Waals surface area contributed by atoms with Gasteiger partial charge < -0.3 is 57.4 Å². The van der Waals surface area contributed by atoms with Gasteiger partial charge in [-0.05, 0) is 47.9 Å². The van der Waals surface area contributed by atoms with Gasteiger partial charge in [-0.15, -0.1) is 0 Å². The molecule has 2 aromatic rings. The Balaban J connectivity index is 1.42. The van der Waals surface area contributed by atoms with Crippen LogP contribution in [-0.2, 0) is 33.0 Å². The van der Waals surface area contributed by atoms with Crippen LogP contribution in [0.1, 0.15) is 35.6 Å². The third kappa shape index (κ3) is 6.24. The number of hydrogen-bond donors (Lipinski definition) is 4. The van der Waals surface area contributed by atoms with Crippen molar-refractivity contribution in [2.24, 2.45) is 11.8 Å². The summed E-state index contributed by atoms with van der Waals surface area (Å²) in [5.74, 6) is -2.15. The highest BCUT2D eigenvalue weighted by molar-refractivity contribution is 7.46. The minimum Gasteiger partial charge on any atom is -0.493 e. The summed E-state index contributed by atoms with van der Waals surface area (Å²) in [6.07, 6.45) is -4.07. The fourth-order valence-electron chi connectivity index (χ4n) is 6.45. The molecule has 17 heteroatoms. The van der Waals surface area contributed by atoms with E-state index in [0.29, 0.717) is 28.2 Å². The van der Waals surface area contributed by atoms with E-state index in [9.17, 15) is 29.4 Å². The molecule has 2 aromatic carbocycles. The van der Waals surface area contributed by atoms with Crippen LogP contribution < -0.4 is 23.5 Å². The molecule has 2 fully saturated rings. The molecule has 4 N–H and O–H groups in total. The Morgan fingerprint density at radius 3 is 2.24 bits per heavy atom. The summed E-state index contributed by atoms with van der Waals surface area (Å²) >= 11 is 0. The quantitative estimate of drug-likeness (QED) is 0.151. The summed E-state index contributed by atoms with van der Waals surface area (Å²) in [5.41, 5.74) is 1.70. The standard InChI is InChI=1S/C29H35O16P/c1-13-38-11-23(22(8-30)42-13)43-24(9-31)44-27-16-7-19-18(40-12-41-19)6-15(16)25(26-17(27)10-39-29(26)32)14-4-20(36-2)28(21(5-14)37-3)45-46(33,34)35/h4-7,13,17,22-27,30-31H,8-12H2,1-3H3,(H2,33,34,35). The van der Waals surface area contributed by atoms with Gasteiger partial charge in [0.15, 0.2) is 35.6 Å². The predicted molar refractivity (Wildman–Crippen MR) is 152 cm³/mol. The van der Waals surface area contributed by atoms with Crippen molar-refractivity contribution in [2.75, 3.05) is 47.4 Å². The van der Waals surface area contributed by atoms with Crippen molar-refractivity contribution in [3.05, 3.63) is 41.0 Å². The molecule has 3 aliphatic heterocycles. The zero-order valence-electron chi connectivity index (χ0n) is 25.1. The normalized spacial score (nSPS) is 29.0. The smallest absolute Gasteiger partial charge is 0.493 e. The number of cyclic esters (lactones) is 1. The van der Waals surface area contributed by atoms with Crippen LogP contribution in [0.2, 0.25) is 0 Å². The summed E-state index contributed by atoms with van der Waals surface area (Å²) in [7, 11) is -2.40. The van der Waals surface area contributed by atoms with E-state index in [1.807, 2.05) is 0 Å². The Kier molecular flexibility index (Phi) is 9.36. The summed E-state index contributed by atoms with van der Waals surface area (Å²) in [5, 5.41) is 20.1. The number of esters is 1. The van der Waals surface area contributed by atoms with E-state index >= 15 is 0 Å². The van der Waals surface area contributed by atoms with Crippen LogP contribution in [-0.4, -0.2) is 98.2 Å². The lowest BCUT2D eigenvalue weighted by Gasteiger charge is -2.41. The zero-order chi connectivity index (χ0) is 32.7. The Morgan fingerprint density at radius 2 is 1.63 bits per heavy atom. The number of aliphatic hydroxyl groups is 2. The average Bonchev–Trinajstić information content (AvgIpc) is 3.65. The van der Waals surface area contributed by atoms with E-state index in [2.05, 4.69) is 0 Å². The van der Waals surface area contributed by atoms with E-state index < -0.39 is 69.0 Å². The van der Waals surface area contributed by atoms with Crippen LogP contribution in [0.25, 0.3) is 0 Å². The van der Waals surface area contributed by atoms with E-state index in [4.69, 9.17) is 47.2 Å². The summed E-state index contributed by atoms with van der Waals surface area (Å²) in [6, 6.07) is 6.50. The molecule has 0 spiro atoms. The van der Waals surface area contributed by atoms with Crippen LogP contribution in [0.4, 0.5) is 0 Å². The molecule has 0 saturated carbocycles. The van der Waals surface area contributed by atoms with Gasteiger partial charge in [-0.25, -0.2) is 4.57 Å². The summed E-state index contributed by atoms with van der Waals surface area (Å²) in [4.78, 5) is 32.5. The molecule has 8 unspecified atom stereocenters. The molecule has 0 amide bonds. The first-order valence-electron chi connectivity index (χ1n) is 14.5. The molecule has 46 heavy (non-hydrogen) atoms. The average molecular weight is 671 g/mol. The van der Waals surface area contributed by atoms with Gasteiger partial charge in [-0.2, -0.15) is 0 Å². The number of aliphatic hydroxyl groups excluding tert-OH is 2. The van der Waals surface area contributed by atoms with Crippen LogP contribution in [0, 0.1) is 11.8 Å². The van der Waals surface area contributed by atoms with Gasteiger partial charge in [-0.1, -0.05) is 0 Å². The van der Waals surface area contributed by atoms with Gasteiger partial charge in [0.25, 0.3) is 0 Å². The molecule has 4 aliphatic rings. The highest BCUT2D eigenvalue weighted by atomic mass is 31.2. The van der Waals surface area contributed by atoms with Gasteiger partial charge in [0.1, 0.15) is 12.2 Å². The maximum absolute atomic E-state index is 13.5. The number of phosphoric acid groups is 1. The molecule has 0 radical (unpaired) electrons. The summed E-state index contributed by atoms with van der Waals surface area (Å²) < 4.78 is 67.9. The Hall–Kier alpha value is -3.18. The van der Waals surface area contributed by atoms with Gasteiger partial charge in [-0.3, -0.25) is 14.6 Å². The Bertz CT molecular complexity index is 1470. The molecule has 8 atom stereocenters. The maximum atomic E-state index is 13.5. The van der Waals surface area contributed by atoms with Crippen LogP contribution in [0.3, 0.4) is 0 Å². The topological polar surface area (TPSA) is 207 Å². The van der Waals surface area contributed by atoms with E-state index in [1.165, 1.54) is 26.4 Å². The number of phosphoric ester groups is 1. The van der Waals surface area contributed by atoms with Crippen LogP contribution in [0.15, 0.2) is 24.3 Å². The Morgan fingerprint density at radius 1 is 0.957 bits per heavy atom. The minimum atomic E-state index is -5.00. The Labute approximate surface area is 263 Å². The number of ether oxygens (including phenoxy) is 9. The van der Waals surface area contributed by atoms with Crippen molar-refractivity contribution in [3.8, 4) is 28.7 Å². The van der Waals surface area contributed by atoms with Crippen molar-refractivity contribution >= 4 is 13.8 Å².